The average Bonchev–Trinajstić information content (AvgIpc) is 3.32. The molecular formula is C17H23N3O5S. The van der Waals surface area contributed by atoms with Crippen molar-refractivity contribution in [1.29, 1.82) is 0 Å². The number of urea groups is 1. The van der Waals surface area contributed by atoms with Crippen LogP contribution in [0.5, 0.6) is 0 Å². The van der Waals surface area contributed by atoms with Crippen LogP contribution in [-0.4, -0.2) is 36.5 Å². The molecule has 1 heterocycles. The van der Waals surface area contributed by atoms with Crippen molar-refractivity contribution in [2.24, 2.45) is 5.92 Å². The molecule has 0 radical (unpaired) electrons. The highest BCUT2D eigenvalue weighted by Crippen LogP contribution is 2.36. The Bertz CT molecular complexity index is 737. The highest BCUT2D eigenvalue weighted by atomic mass is 32.1. The van der Waals surface area contributed by atoms with Crippen molar-refractivity contribution in [1.82, 2.24) is 10.6 Å². The molecule has 1 aliphatic carbocycles. The SMILES string of the molecule is Cc1sc(NC(=O)C2CC2)c(C(=O)OCC(=O)NC(=O)NC(C)C)c1C. The number of rotatable bonds is 6. The predicted octanol–water partition coefficient (Wildman–Crippen LogP) is 2.10. The summed E-state index contributed by atoms with van der Waals surface area (Å²) in [6.07, 6.45) is 1.71. The molecule has 1 aromatic heterocycles. The van der Waals surface area contributed by atoms with E-state index in [2.05, 4.69) is 16.0 Å². The van der Waals surface area contributed by atoms with Crippen molar-refractivity contribution < 1.29 is 23.9 Å². The second-order valence-electron chi connectivity index (χ2n) is 6.50. The molecule has 3 N–H and O–H groups in total. The van der Waals surface area contributed by atoms with Crippen molar-refractivity contribution in [2.75, 3.05) is 11.9 Å². The molecule has 142 valence electrons. The summed E-state index contributed by atoms with van der Waals surface area (Å²) >= 11 is 1.30. The molecule has 0 atom stereocenters. The largest absolute Gasteiger partial charge is 0.452 e. The van der Waals surface area contributed by atoms with Gasteiger partial charge in [-0.2, -0.15) is 0 Å². The second-order valence-corrected chi connectivity index (χ2v) is 7.73. The fourth-order valence-corrected chi connectivity index (χ4v) is 3.24. The molecular weight excluding hydrogens is 358 g/mol. The van der Waals surface area contributed by atoms with Gasteiger partial charge < -0.3 is 15.4 Å². The number of hydrogen-bond donors (Lipinski definition) is 3. The maximum atomic E-state index is 12.4. The zero-order valence-corrected chi connectivity index (χ0v) is 16.0. The second kappa shape index (κ2) is 8.31. The van der Waals surface area contributed by atoms with Gasteiger partial charge in [0, 0.05) is 16.8 Å². The predicted molar refractivity (Wildman–Crippen MR) is 97.2 cm³/mol. The molecule has 2 rings (SSSR count). The van der Waals surface area contributed by atoms with Crippen LogP contribution < -0.4 is 16.0 Å². The first-order chi connectivity index (χ1) is 12.2. The number of imide groups is 1. The minimum atomic E-state index is -0.732. The Hall–Kier alpha value is -2.42. The zero-order valence-electron chi connectivity index (χ0n) is 15.2. The topological polar surface area (TPSA) is 114 Å². The number of nitrogens with one attached hydrogen (secondary N) is 3. The molecule has 0 saturated heterocycles. The molecule has 0 aliphatic heterocycles. The molecule has 1 saturated carbocycles. The van der Waals surface area contributed by atoms with Gasteiger partial charge in [0.25, 0.3) is 5.91 Å². The van der Waals surface area contributed by atoms with E-state index in [1.54, 1.807) is 20.8 Å². The standard InChI is InChI=1S/C17H23N3O5S/c1-8(2)18-17(24)19-12(21)7-25-16(23)13-9(3)10(4)26-15(13)20-14(22)11-5-6-11/h8,11H,5-7H2,1-4H3,(H,20,22)(H2,18,19,21,24). The maximum Gasteiger partial charge on any atom is 0.341 e. The summed E-state index contributed by atoms with van der Waals surface area (Å²) in [7, 11) is 0. The number of hydrogen-bond acceptors (Lipinski definition) is 6. The van der Waals surface area contributed by atoms with Crippen molar-refractivity contribution in [3.8, 4) is 0 Å². The average molecular weight is 381 g/mol. The minimum absolute atomic E-state index is 0.00632. The summed E-state index contributed by atoms with van der Waals surface area (Å²) in [5.41, 5.74) is 0.949. The van der Waals surface area contributed by atoms with Gasteiger partial charge in [0.15, 0.2) is 6.61 Å². The van der Waals surface area contributed by atoms with E-state index in [4.69, 9.17) is 4.74 Å². The van der Waals surface area contributed by atoms with E-state index in [1.165, 1.54) is 11.3 Å². The number of anilines is 1. The molecule has 1 fully saturated rings. The lowest BCUT2D eigenvalue weighted by molar-refractivity contribution is -0.123. The molecule has 8 nitrogen and oxygen atoms in total. The molecule has 1 aliphatic rings. The molecule has 4 amide bonds. The number of thiophene rings is 1. The lowest BCUT2D eigenvalue weighted by Crippen LogP contribution is -2.44. The van der Waals surface area contributed by atoms with Crippen LogP contribution in [0.2, 0.25) is 0 Å². The van der Waals surface area contributed by atoms with Crippen LogP contribution in [0.3, 0.4) is 0 Å². The third-order valence-corrected chi connectivity index (χ3v) is 4.90. The highest BCUT2D eigenvalue weighted by Gasteiger charge is 2.31. The number of carbonyl (C=O) groups is 4. The summed E-state index contributed by atoms with van der Waals surface area (Å²) in [6.45, 7) is 6.51. The monoisotopic (exact) mass is 381 g/mol. The Balaban J connectivity index is 1.97. The van der Waals surface area contributed by atoms with Crippen molar-refractivity contribution in [2.45, 2.75) is 46.6 Å². The first-order valence-corrected chi connectivity index (χ1v) is 9.19. The zero-order chi connectivity index (χ0) is 19.4. The lowest BCUT2D eigenvalue weighted by Gasteiger charge is -2.10. The molecule has 0 aromatic carbocycles. The van der Waals surface area contributed by atoms with Gasteiger partial charge in [-0.3, -0.25) is 14.9 Å². The molecule has 9 heteroatoms. The maximum absolute atomic E-state index is 12.4. The highest BCUT2D eigenvalue weighted by molar-refractivity contribution is 7.16. The number of carbonyl (C=O) groups excluding carboxylic acids is 4. The van der Waals surface area contributed by atoms with Crippen LogP contribution in [0, 0.1) is 19.8 Å². The Labute approximate surface area is 155 Å². The molecule has 0 bridgehead atoms. The Kier molecular flexibility index (Phi) is 6.36. The number of aryl methyl sites for hydroxylation is 1. The van der Waals surface area contributed by atoms with Gasteiger partial charge in [-0.05, 0) is 46.1 Å². The van der Waals surface area contributed by atoms with Crippen LogP contribution in [0.4, 0.5) is 9.80 Å². The van der Waals surface area contributed by atoms with Crippen LogP contribution >= 0.6 is 11.3 Å². The summed E-state index contributed by atoms with van der Waals surface area (Å²) in [5.74, 6) is -1.54. The van der Waals surface area contributed by atoms with E-state index in [0.717, 1.165) is 17.7 Å². The van der Waals surface area contributed by atoms with E-state index in [1.807, 2.05) is 6.92 Å². The normalized spacial score (nSPS) is 13.3. The molecule has 1 aromatic rings. The van der Waals surface area contributed by atoms with Gasteiger partial charge in [0.1, 0.15) is 5.00 Å². The minimum Gasteiger partial charge on any atom is -0.452 e. The first-order valence-electron chi connectivity index (χ1n) is 8.37. The van der Waals surface area contributed by atoms with E-state index in [0.29, 0.717) is 10.6 Å². The van der Waals surface area contributed by atoms with Crippen LogP contribution in [0.25, 0.3) is 0 Å². The van der Waals surface area contributed by atoms with Gasteiger partial charge >= 0.3 is 12.0 Å². The summed E-state index contributed by atoms with van der Waals surface area (Å²) in [5, 5.41) is 7.77. The van der Waals surface area contributed by atoms with E-state index in [-0.39, 0.29) is 23.4 Å². The smallest absolute Gasteiger partial charge is 0.341 e. The first kappa shape index (κ1) is 19.9. The summed E-state index contributed by atoms with van der Waals surface area (Å²) in [6, 6.07) is -0.777. The third kappa shape index (κ3) is 5.29. The van der Waals surface area contributed by atoms with E-state index < -0.39 is 24.5 Å². The fraction of sp³-hybridized carbons (Fsp3) is 0.529. The van der Waals surface area contributed by atoms with E-state index in [9.17, 15) is 19.2 Å². The van der Waals surface area contributed by atoms with Crippen LogP contribution in [-0.2, 0) is 14.3 Å². The molecule has 0 unspecified atom stereocenters. The number of ether oxygens (including phenoxy) is 1. The van der Waals surface area contributed by atoms with Gasteiger partial charge in [-0.1, -0.05) is 0 Å². The van der Waals surface area contributed by atoms with Gasteiger partial charge in [-0.25, -0.2) is 9.59 Å². The fourth-order valence-electron chi connectivity index (χ4n) is 2.18. The van der Waals surface area contributed by atoms with Gasteiger partial charge in [0.2, 0.25) is 5.91 Å². The van der Waals surface area contributed by atoms with Crippen molar-refractivity contribution in [3.63, 3.8) is 0 Å². The Morgan fingerprint density at radius 1 is 1.19 bits per heavy atom. The summed E-state index contributed by atoms with van der Waals surface area (Å²) in [4.78, 5) is 48.4. The van der Waals surface area contributed by atoms with Crippen molar-refractivity contribution in [3.05, 3.63) is 16.0 Å². The Morgan fingerprint density at radius 2 is 1.85 bits per heavy atom. The lowest BCUT2D eigenvalue weighted by atomic mass is 10.1. The third-order valence-electron chi connectivity index (χ3n) is 3.78. The molecule has 26 heavy (non-hydrogen) atoms. The van der Waals surface area contributed by atoms with Gasteiger partial charge in [-0.15, -0.1) is 11.3 Å². The number of amides is 4. The van der Waals surface area contributed by atoms with Crippen LogP contribution in [0.1, 0.15) is 47.5 Å². The van der Waals surface area contributed by atoms with Gasteiger partial charge in [0.05, 0.1) is 5.56 Å². The summed E-state index contributed by atoms with van der Waals surface area (Å²) < 4.78 is 5.01. The quantitative estimate of drug-likeness (QED) is 0.653. The van der Waals surface area contributed by atoms with E-state index >= 15 is 0 Å². The Morgan fingerprint density at radius 3 is 2.42 bits per heavy atom. The molecule has 0 spiro atoms. The number of esters is 1. The van der Waals surface area contributed by atoms with Crippen molar-refractivity contribution >= 4 is 40.2 Å². The van der Waals surface area contributed by atoms with Crippen LogP contribution in [0.15, 0.2) is 0 Å².